The van der Waals surface area contributed by atoms with Crippen LogP contribution in [0.2, 0.25) is 0 Å². The van der Waals surface area contributed by atoms with Crippen molar-refractivity contribution in [2.75, 3.05) is 18.4 Å². The Morgan fingerprint density at radius 2 is 2.03 bits per heavy atom. The zero-order valence-corrected chi connectivity index (χ0v) is 17.1. The summed E-state index contributed by atoms with van der Waals surface area (Å²) in [5.41, 5.74) is 4.67. The number of nitrogens with zero attached hydrogens (tertiary/aromatic N) is 2. The lowest BCUT2D eigenvalue weighted by atomic mass is 9.97. The lowest BCUT2D eigenvalue weighted by Crippen LogP contribution is -2.29. The number of rotatable bonds is 7. The number of hydrogen-bond donors (Lipinski definition) is 2. The number of nitrogens with one attached hydrogen (secondary N) is 1. The van der Waals surface area contributed by atoms with Gasteiger partial charge < -0.3 is 10.4 Å². The topological polar surface area (TPSA) is 65.5 Å². The van der Waals surface area contributed by atoms with Crippen LogP contribution in [0, 0.1) is 11.7 Å². The molecule has 158 valence electrons. The van der Waals surface area contributed by atoms with Crippen LogP contribution in [0.4, 0.5) is 10.1 Å². The number of hydrogen-bond acceptors (Lipinski definition) is 4. The Bertz CT molecular complexity index is 1130. The quantitative estimate of drug-likeness (QED) is 0.569. The fraction of sp³-hybridized carbons (Fsp3) is 0.280. The van der Waals surface area contributed by atoms with Gasteiger partial charge in [0.1, 0.15) is 5.82 Å². The molecule has 3 aromatic rings. The maximum atomic E-state index is 14.3. The average Bonchev–Trinajstić information content (AvgIpc) is 3.52. The molecule has 2 aromatic carbocycles. The number of aromatic nitrogens is 1. The summed E-state index contributed by atoms with van der Waals surface area (Å²) in [6.07, 6.45) is 5.58. The number of pyridine rings is 1. The highest BCUT2D eigenvalue weighted by molar-refractivity contribution is 5.93. The zero-order valence-electron chi connectivity index (χ0n) is 17.1. The molecule has 1 saturated carbocycles. The maximum Gasteiger partial charge on any atom is 0.337 e. The molecule has 1 fully saturated rings. The first-order valence-electron chi connectivity index (χ1n) is 10.6. The average molecular weight is 417 g/mol. The number of carbonyl (C=O) groups is 1. The van der Waals surface area contributed by atoms with E-state index in [2.05, 4.69) is 27.3 Å². The lowest BCUT2D eigenvalue weighted by molar-refractivity contribution is 0.0697. The molecule has 31 heavy (non-hydrogen) atoms. The van der Waals surface area contributed by atoms with Gasteiger partial charge in [0.2, 0.25) is 0 Å². The molecule has 0 radical (unpaired) electrons. The van der Waals surface area contributed by atoms with Crippen LogP contribution in [0.25, 0.3) is 11.1 Å². The Hall–Kier alpha value is -3.25. The summed E-state index contributed by atoms with van der Waals surface area (Å²) in [6.45, 7) is 2.43. The smallest absolute Gasteiger partial charge is 0.337 e. The Kier molecular flexibility index (Phi) is 5.16. The Morgan fingerprint density at radius 3 is 2.81 bits per heavy atom. The van der Waals surface area contributed by atoms with Crippen molar-refractivity contribution in [1.29, 1.82) is 0 Å². The molecule has 2 heterocycles. The third kappa shape index (κ3) is 4.03. The Labute approximate surface area is 180 Å². The molecule has 0 saturated heterocycles. The number of halogens is 1. The summed E-state index contributed by atoms with van der Waals surface area (Å²) >= 11 is 0. The molecule has 0 spiro atoms. The van der Waals surface area contributed by atoms with Gasteiger partial charge in [0, 0.05) is 31.4 Å². The van der Waals surface area contributed by atoms with Crippen LogP contribution in [0.1, 0.15) is 40.4 Å². The molecule has 5 nitrogen and oxygen atoms in total. The maximum absolute atomic E-state index is 14.3. The summed E-state index contributed by atoms with van der Waals surface area (Å²) in [4.78, 5) is 18.1. The van der Waals surface area contributed by atoms with Crippen molar-refractivity contribution in [1.82, 2.24) is 9.88 Å². The van der Waals surface area contributed by atoms with Gasteiger partial charge in [-0.3, -0.25) is 9.88 Å². The van der Waals surface area contributed by atoms with Crippen molar-refractivity contribution in [2.45, 2.75) is 25.4 Å². The monoisotopic (exact) mass is 417 g/mol. The summed E-state index contributed by atoms with van der Waals surface area (Å²) in [5.74, 6) is -0.455. The largest absolute Gasteiger partial charge is 0.478 e. The van der Waals surface area contributed by atoms with Crippen LogP contribution >= 0.6 is 0 Å². The number of carboxylic acid groups (broad SMARTS) is 1. The summed E-state index contributed by atoms with van der Waals surface area (Å²) < 4.78 is 14.3. The normalized spacial score (nSPS) is 18.0. The standard InChI is InChI=1S/C25H24FN3O2/c26-22-4-2-1-3-19(22)17-7-8-20-18(11-17)15-29(14-16-5-6-16)24(20)13-28-23-12-27-10-9-21(23)25(30)31/h1-4,7-12,16,24,28H,5-6,13-15H2,(H,30,31). The van der Waals surface area contributed by atoms with E-state index in [1.165, 1.54) is 42.3 Å². The molecule has 2 N–H and O–H groups in total. The van der Waals surface area contributed by atoms with Gasteiger partial charge in [-0.25, -0.2) is 9.18 Å². The van der Waals surface area contributed by atoms with Gasteiger partial charge >= 0.3 is 5.97 Å². The summed E-state index contributed by atoms with van der Waals surface area (Å²) in [5, 5.41) is 12.8. The number of fused-ring (bicyclic) bond motifs is 1. The Morgan fingerprint density at radius 1 is 1.19 bits per heavy atom. The van der Waals surface area contributed by atoms with Crippen molar-refractivity contribution < 1.29 is 14.3 Å². The van der Waals surface area contributed by atoms with Gasteiger partial charge in [0.25, 0.3) is 0 Å². The summed E-state index contributed by atoms with van der Waals surface area (Å²) in [7, 11) is 0. The van der Waals surface area contributed by atoms with E-state index in [1.54, 1.807) is 12.3 Å². The fourth-order valence-corrected chi connectivity index (χ4v) is 4.45. The lowest BCUT2D eigenvalue weighted by Gasteiger charge is -2.26. The molecule has 1 aliphatic carbocycles. The SMILES string of the molecule is O=C(O)c1ccncc1NCC1c2ccc(-c3ccccc3F)cc2CN1CC1CC1. The first-order valence-corrected chi connectivity index (χ1v) is 10.6. The van der Waals surface area contributed by atoms with Crippen LogP contribution < -0.4 is 5.32 Å². The van der Waals surface area contributed by atoms with Crippen LogP contribution in [-0.2, 0) is 6.54 Å². The third-order valence-electron chi connectivity index (χ3n) is 6.23. The van der Waals surface area contributed by atoms with Gasteiger partial charge in [-0.2, -0.15) is 0 Å². The van der Waals surface area contributed by atoms with Gasteiger partial charge in [0.05, 0.1) is 23.5 Å². The van der Waals surface area contributed by atoms with E-state index in [1.807, 2.05) is 18.2 Å². The minimum absolute atomic E-state index is 0.132. The second-order valence-corrected chi connectivity index (χ2v) is 8.39. The molecular weight excluding hydrogens is 393 g/mol. The molecule has 2 aliphatic rings. The highest BCUT2D eigenvalue weighted by Gasteiger charge is 2.34. The van der Waals surface area contributed by atoms with Crippen LogP contribution in [0.3, 0.4) is 0 Å². The molecular formula is C25H24FN3O2. The van der Waals surface area contributed by atoms with E-state index < -0.39 is 5.97 Å². The molecule has 1 atom stereocenters. The number of anilines is 1. The Balaban J connectivity index is 1.42. The molecule has 0 bridgehead atoms. The van der Waals surface area contributed by atoms with E-state index >= 15 is 0 Å². The second kappa shape index (κ2) is 8.12. The number of aromatic carboxylic acids is 1. The van der Waals surface area contributed by atoms with Gasteiger partial charge in [-0.05, 0) is 53.6 Å². The van der Waals surface area contributed by atoms with E-state index in [0.717, 1.165) is 24.6 Å². The third-order valence-corrected chi connectivity index (χ3v) is 6.23. The minimum atomic E-state index is -0.971. The van der Waals surface area contributed by atoms with E-state index in [9.17, 15) is 14.3 Å². The van der Waals surface area contributed by atoms with E-state index in [0.29, 0.717) is 17.8 Å². The van der Waals surface area contributed by atoms with Crippen LogP contribution in [0.5, 0.6) is 0 Å². The van der Waals surface area contributed by atoms with E-state index in [-0.39, 0.29) is 17.4 Å². The van der Waals surface area contributed by atoms with Crippen molar-refractivity contribution in [3.63, 3.8) is 0 Å². The number of carboxylic acids is 1. The number of benzene rings is 2. The van der Waals surface area contributed by atoms with E-state index in [4.69, 9.17) is 0 Å². The molecule has 1 aliphatic heterocycles. The zero-order chi connectivity index (χ0) is 21.4. The first-order chi connectivity index (χ1) is 15.1. The predicted octanol–water partition coefficient (Wildman–Crippen LogP) is 4.96. The van der Waals surface area contributed by atoms with Crippen molar-refractivity contribution in [3.8, 4) is 11.1 Å². The van der Waals surface area contributed by atoms with Gasteiger partial charge in [-0.15, -0.1) is 0 Å². The molecule has 0 amide bonds. The molecule has 1 aromatic heterocycles. The van der Waals surface area contributed by atoms with Gasteiger partial charge in [-0.1, -0.05) is 30.3 Å². The van der Waals surface area contributed by atoms with Crippen molar-refractivity contribution in [2.24, 2.45) is 5.92 Å². The fourth-order valence-electron chi connectivity index (χ4n) is 4.45. The molecule has 1 unspecified atom stereocenters. The minimum Gasteiger partial charge on any atom is -0.478 e. The highest BCUT2D eigenvalue weighted by atomic mass is 19.1. The van der Waals surface area contributed by atoms with Crippen LogP contribution in [0.15, 0.2) is 60.9 Å². The first kappa shape index (κ1) is 19.7. The van der Waals surface area contributed by atoms with Crippen molar-refractivity contribution >= 4 is 11.7 Å². The second-order valence-electron chi connectivity index (χ2n) is 8.39. The molecule has 5 rings (SSSR count). The van der Waals surface area contributed by atoms with Crippen molar-refractivity contribution in [3.05, 3.63) is 83.4 Å². The molecule has 6 heteroatoms. The van der Waals surface area contributed by atoms with Gasteiger partial charge in [0.15, 0.2) is 0 Å². The predicted molar refractivity (Wildman–Crippen MR) is 117 cm³/mol. The summed E-state index contributed by atoms with van der Waals surface area (Å²) in [6, 6.07) is 14.7. The van der Waals surface area contributed by atoms with Crippen LogP contribution in [-0.4, -0.2) is 34.0 Å². The highest BCUT2D eigenvalue weighted by Crippen LogP contribution is 2.40.